The summed E-state index contributed by atoms with van der Waals surface area (Å²) in [5.74, 6) is 0. The third-order valence-electron chi connectivity index (χ3n) is 4.28. The predicted molar refractivity (Wildman–Crippen MR) is 73.0 cm³/mol. The molecule has 2 aliphatic rings. The number of hydrogen-bond acceptors (Lipinski definition) is 3. The van der Waals surface area contributed by atoms with Crippen LogP contribution in [0.1, 0.15) is 26.2 Å². The van der Waals surface area contributed by atoms with Crippen molar-refractivity contribution in [3.63, 3.8) is 0 Å². The van der Waals surface area contributed by atoms with E-state index in [1.165, 1.54) is 32.4 Å². The minimum atomic E-state index is 0.0805. The fraction of sp³-hybridized carbons (Fsp3) is 0.643. The van der Waals surface area contributed by atoms with E-state index in [4.69, 9.17) is 0 Å². The van der Waals surface area contributed by atoms with Crippen molar-refractivity contribution in [3.8, 4) is 0 Å². The minimum absolute atomic E-state index is 0.0805. The predicted octanol–water partition coefficient (Wildman–Crippen LogP) is 1.52. The number of pyridine rings is 1. The first-order chi connectivity index (χ1) is 8.78. The van der Waals surface area contributed by atoms with Crippen molar-refractivity contribution in [2.45, 2.75) is 44.8 Å². The van der Waals surface area contributed by atoms with E-state index in [2.05, 4.69) is 10.2 Å². The van der Waals surface area contributed by atoms with Crippen molar-refractivity contribution in [2.24, 2.45) is 0 Å². The molecule has 0 bridgehead atoms. The van der Waals surface area contributed by atoms with E-state index in [1.54, 1.807) is 10.6 Å². The fourth-order valence-corrected chi connectivity index (χ4v) is 3.33. The molecule has 0 saturated carbocycles. The van der Waals surface area contributed by atoms with Gasteiger partial charge in [-0.3, -0.25) is 9.69 Å². The van der Waals surface area contributed by atoms with Gasteiger partial charge in [0.2, 0.25) is 0 Å². The van der Waals surface area contributed by atoms with Crippen LogP contribution in [0.5, 0.6) is 0 Å². The van der Waals surface area contributed by atoms with Crippen LogP contribution < -0.4 is 10.9 Å². The molecular weight excluding hydrogens is 226 g/mol. The van der Waals surface area contributed by atoms with Crippen LogP contribution in [-0.4, -0.2) is 34.6 Å². The Kier molecular flexibility index (Phi) is 3.12. The minimum Gasteiger partial charge on any atom is -0.379 e. The average Bonchev–Trinajstić information content (AvgIpc) is 2.96. The molecule has 1 aromatic rings. The smallest absolute Gasteiger partial charge is 0.250 e. The molecule has 98 valence electrons. The Morgan fingerprint density at radius 3 is 3.06 bits per heavy atom. The number of hydrogen-bond donors (Lipinski definition) is 1. The van der Waals surface area contributed by atoms with Crippen molar-refractivity contribution in [3.05, 3.63) is 28.7 Å². The summed E-state index contributed by atoms with van der Waals surface area (Å²) in [6.45, 7) is 5.21. The molecular formula is C14H21N3O. The van der Waals surface area contributed by atoms with Crippen LogP contribution in [0.25, 0.3) is 0 Å². The highest BCUT2D eigenvalue weighted by Gasteiger charge is 2.36. The van der Waals surface area contributed by atoms with E-state index < -0.39 is 0 Å². The lowest BCUT2D eigenvalue weighted by Crippen LogP contribution is -2.34. The summed E-state index contributed by atoms with van der Waals surface area (Å²) >= 11 is 0. The van der Waals surface area contributed by atoms with Gasteiger partial charge in [0.05, 0.1) is 5.69 Å². The molecule has 18 heavy (non-hydrogen) atoms. The number of nitrogens with one attached hydrogen (secondary N) is 1. The lowest BCUT2D eigenvalue weighted by atomic mass is 10.1. The maximum atomic E-state index is 11.5. The van der Waals surface area contributed by atoms with E-state index in [0.29, 0.717) is 12.1 Å². The van der Waals surface area contributed by atoms with E-state index in [0.717, 1.165) is 12.2 Å². The Labute approximate surface area is 108 Å². The summed E-state index contributed by atoms with van der Waals surface area (Å²) in [6.07, 6.45) is 5.80. The van der Waals surface area contributed by atoms with Gasteiger partial charge >= 0.3 is 0 Å². The second-order valence-electron chi connectivity index (χ2n) is 5.33. The molecule has 2 unspecified atom stereocenters. The van der Waals surface area contributed by atoms with E-state index in [1.807, 2.05) is 19.2 Å². The van der Waals surface area contributed by atoms with Crippen molar-refractivity contribution in [1.82, 2.24) is 9.47 Å². The zero-order chi connectivity index (χ0) is 12.5. The van der Waals surface area contributed by atoms with Gasteiger partial charge in [0.1, 0.15) is 0 Å². The van der Waals surface area contributed by atoms with Gasteiger partial charge in [-0.25, -0.2) is 0 Å². The molecule has 3 heterocycles. The van der Waals surface area contributed by atoms with Gasteiger partial charge in [-0.1, -0.05) is 0 Å². The molecule has 2 aliphatic heterocycles. The Bertz CT molecular complexity index is 482. The van der Waals surface area contributed by atoms with Crippen molar-refractivity contribution >= 4 is 5.69 Å². The molecule has 2 saturated heterocycles. The largest absolute Gasteiger partial charge is 0.379 e. The number of aryl methyl sites for hydroxylation is 1. The van der Waals surface area contributed by atoms with Crippen molar-refractivity contribution in [1.29, 1.82) is 0 Å². The zero-order valence-electron chi connectivity index (χ0n) is 10.9. The maximum Gasteiger partial charge on any atom is 0.250 e. The van der Waals surface area contributed by atoms with Gasteiger partial charge in [-0.15, -0.1) is 0 Å². The highest BCUT2D eigenvalue weighted by Crippen LogP contribution is 2.29. The molecule has 1 N–H and O–H groups in total. The van der Waals surface area contributed by atoms with E-state index in [9.17, 15) is 4.79 Å². The van der Waals surface area contributed by atoms with Crippen LogP contribution in [0.3, 0.4) is 0 Å². The zero-order valence-corrected chi connectivity index (χ0v) is 10.9. The third kappa shape index (κ3) is 2.05. The first-order valence-electron chi connectivity index (χ1n) is 6.99. The summed E-state index contributed by atoms with van der Waals surface area (Å²) in [4.78, 5) is 14.1. The molecule has 3 rings (SSSR count). The number of aromatic nitrogens is 1. The second-order valence-corrected chi connectivity index (χ2v) is 5.33. The number of anilines is 1. The second kappa shape index (κ2) is 4.76. The van der Waals surface area contributed by atoms with Crippen LogP contribution in [0.2, 0.25) is 0 Å². The number of nitrogens with zero attached hydrogens (tertiary/aromatic N) is 2. The van der Waals surface area contributed by atoms with Crippen LogP contribution in [0.15, 0.2) is 23.1 Å². The molecule has 2 atom stereocenters. The maximum absolute atomic E-state index is 11.5. The Morgan fingerprint density at radius 1 is 1.33 bits per heavy atom. The van der Waals surface area contributed by atoms with E-state index >= 15 is 0 Å². The molecule has 2 fully saturated rings. The highest BCUT2D eigenvalue weighted by atomic mass is 16.1. The average molecular weight is 247 g/mol. The summed E-state index contributed by atoms with van der Waals surface area (Å²) < 4.78 is 1.75. The lowest BCUT2D eigenvalue weighted by molar-refractivity contribution is 0.318. The topological polar surface area (TPSA) is 37.3 Å². The molecule has 0 amide bonds. The van der Waals surface area contributed by atoms with Crippen molar-refractivity contribution in [2.75, 3.05) is 18.4 Å². The van der Waals surface area contributed by atoms with Gasteiger partial charge in [0.25, 0.3) is 5.56 Å². The summed E-state index contributed by atoms with van der Waals surface area (Å²) in [6, 6.07) is 4.82. The molecule has 0 aliphatic carbocycles. The number of rotatable bonds is 3. The quantitative estimate of drug-likeness (QED) is 0.880. The van der Waals surface area contributed by atoms with Crippen LogP contribution in [-0.2, 0) is 6.54 Å². The van der Waals surface area contributed by atoms with Gasteiger partial charge in [-0.2, -0.15) is 0 Å². The van der Waals surface area contributed by atoms with E-state index in [-0.39, 0.29) is 5.56 Å². The normalized spacial score (nSPS) is 27.4. The molecule has 0 aromatic carbocycles. The van der Waals surface area contributed by atoms with Gasteiger partial charge in [0.15, 0.2) is 0 Å². The molecule has 4 heteroatoms. The van der Waals surface area contributed by atoms with Gasteiger partial charge in [0, 0.05) is 37.4 Å². The molecule has 4 nitrogen and oxygen atoms in total. The summed E-state index contributed by atoms with van der Waals surface area (Å²) in [5.41, 5.74) is 1.16. The fourth-order valence-electron chi connectivity index (χ4n) is 3.33. The highest BCUT2D eigenvalue weighted by molar-refractivity contribution is 5.42. The lowest BCUT2D eigenvalue weighted by Gasteiger charge is -2.22. The van der Waals surface area contributed by atoms with Crippen LogP contribution >= 0.6 is 0 Å². The first kappa shape index (κ1) is 11.8. The van der Waals surface area contributed by atoms with Gasteiger partial charge in [-0.05, 0) is 38.8 Å². The standard InChI is InChI=1S/C14H21N3O/c1-2-16-10-11(5-6-14(16)18)15-12-7-9-17-8-3-4-13(12)17/h5-6,10,12-13,15H,2-4,7-9H2,1H3. The Balaban J connectivity index is 1.74. The van der Waals surface area contributed by atoms with Gasteiger partial charge < -0.3 is 9.88 Å². The number of fused-ring (bicyclic) bond motifs is 1. The molecule has 0 radical (unpaired) electrons. The monoisotopic (exact) mass is 247 g/mol. The Hall–Kier alpha value is -1.29. The molecule has 1 aromatic heterocycles. The Morgan fingerprint density at radius 2 is 2.22 bits per heavy atom. The SMILES string of the molecule is CCn1cc(NC2CCN3CCCC23)ccc1=O. The van der Waals surface area contributed by atoms with Crippen molar-refractivity contribution < 1.29 is 0 Å². The van der Waals surface area contributed by atoms with Crippen LogP contribution in [0, 0.1) is 0 Å². The molecule has 0 spiro atoms. The van der Waals surface area contributed by atoms with Crippen LogP contribution in [0.4, 0.5) is 5.69 Å². The third-order valence-corrected chi connectivity index (χ3v) is 4.28. The summed E-state index contributed by atoms with van der Waals surface area (Å²) in [7, 11) is 0. The first-order valence-corrected chi connectivity index (χ1v) is 6.99. The summed E-state index contributed by atoms with van der Waals surface area (Å²) in [5, 5.41) is 3.61.